The van der Waals surface area contributed by atoms with Crippen molar-refractivity contribution in [3.63, 3.8) is 0 Å². The van der Waals surface area contributed by atoms with Gasteiger partial charge in [-0.2, -0.15) is 0 Å². The van der Waals surface area contributed by atoms with E-state index in [9.17, 15) is 0 Å². The van der Waals surface area contributed by atoms with E-state index in [1.165, 1.54) is 9.83 Å². The van der Waals surface area contributed by atoms with Crippen molar-refractivity contribution in [2.24, 2.45) is 0 Å². The van der Waals surface area contributed by atoms with Gasteiger partial charge in [0.05, 0.1) is 0 Å². The molecule has 0 radical (unpaired) electrons. The maximum Gasteiger partial charge on any atom is 0.0187 e. The molecule has 0 atom stereocenters. The van der Waals surface area contributed by atoms with Gasteiger partial charge in [-0.15, -0.1) is 0 Å². The lowest BCUT2D eigenvalue weighted by Gasteiger charge is -2.13. The molecule has 0 rings (SSSR count). The molecule has 0 unspecified atom stereocenters. The third-order valence-corrected chi connectivity index (χ3v) is 3.26. The normalized spacial score (nSPS) is 12.0. The smallest absolute Gasteiger partial charge is 0.0187 e. The van der Waals surface area contributed by atoms with Crippen LogP contribution in [0.4, 0.5) is 0 Å². The molecule has 0 saturated heterocycles. The maximum absolute atomic E-state index is 3.99. The van der Waals surface area contributed by atoms with Crippen molar-refractivity contribution in [2.75, 3.05) is 0 Å². The summed E-state index contributed by atoms with van der Waals surface area (Å²) in [5, 5.41) is 0. The van der Waals surface area contributed by atoms with Crippen molar-refractivity contribution in [3.8, 4) is 0 Å². The SMILES string of the molecule is CC(C)(C)SSS. The van der Waals surface area contributed by atoms with Gasteiger partial charge in [0, 0.05) is 4.75 Å². The van der Waals surface area contributed by atoms with Gasteiger partial charge in [0.1, 0.15) is 0 Å². The van der Waals surface area contributed by atoms with Crippen LogP contribution in [0.3, 0.4) is 0 Å². The summed E-state index contributed by atoms with van der Waals surface area (Å²) in [6, 6.07) is 0. The highest BCUT2D eigenvalue weighted by Gasteiger charge is 2.08. The third kappa shape index (κ3) is 7.05. The highest BCUT2D eigenvalue weighted by atomic mass is 33.5. The molecule has 7 heavy (non-hydrogen) atoms. The Morgan fingerprint density at radius 1 is 1.29 bits per heavy atom. The molecule has 0 aromatic carbocycles. The average Bonchev–Trinajstić information content (AvgIpc) is 1.30. The minimum atomic E-state index is 0.354. The summed E-state index contributed by atoms with van der Waals surface area (Å²) >= 11 is 3.99. The van der Waals surface area contributed by atoms with Gasteiger partial charge in [0.25, 0.3) is 0 Å². The summed E-state index contributed by atoms with van der Waals surface area (Å²) < 4.78 is 0.354. The van der Waals surface area contributed by atoms with Crippen LogP contribution in [0.2, 0.25) is 0 Å². The Balaban J connectivity index is 3.15. The molecule has 0 heterocycles. The first kappa shape index (κ1) is 8.05. The molecule has 0 saturated carbocycles. The van der Waals surface area contributed by atoms with Gasteiger partial charge >= 0.3 is 0 Å². The summed E-state index contributed by atoms with van der Waals surface area (Å²) in [7, 11) is 3.29. The quantitative estimate of drug-likeness (QED) is 0.455. The molecule has 0 amide bonds. The zero-order chi connectivity index (χ0) is 5.91. The van der Waals surface area contributed by atoms with Crippen molar-refractivity contribution >= 4 is 32.3 Å². The largest absolute Gasteiger partial charge is 0.0997 e. The van der Waals surface area contributed by atoms with Crippen molar-refractivity contribution in [1.82, 2.24) is 0 Å². The third-order valence-electron chi connectivity index (χ3n) is 0.287. The number of hydrogen-bond donors (Lipinski definition) is 1. The van der Waals surface area contributed by atoms with Gasteiger partial charge in [0.2, 0.25) is 0 Å². The molecule has 0 aliphatic heterocycles. The number of thiol groups is 1. The minimum Gasteiger partial charge on any atom is -0.0997 e. The van der Waals surface area contributed by atoms with Crippen LogP contribution in [-0.2, 0) is 0 Å². The van der Waals surface area contributed by atoms with Crippen LogP contribution in [0, 0.1) is 0 Å². The highest BCUT2D eigenvalue weighted by Crippen LogP contribution is 2.36. The van der Waals surface area contributed by atoms with E-state index in [1.807, 2.05) is 0 Å². The second-order valence-electron chi connectivity index (χ2n) is 2.27. The van der Waals surface area contributed by atoms with E-state index in [0.717, 1.165) is 0 Å². The van der Waals surface area contributed by atoms with Gasteiger partial charge in [0.15, 0.2) is 0 Å². The minimum absolute atomic E-state index is 0.354. The van der Waals surface area contributed by atoms with Crippen molar-refractivity contribution in [3.05, 3.63) is 0 Å². The number of rotatable bonds is 1. The predicted molar refractivity (Wildman–Crippen MR) is 43.9 cm³/mol. The van der Waals surface area contributed by atoms with Gasteiger partial charge < -0.3 is 0 Å². The molecule has 0 nitrogen and oxygen atoms in total. The molecule has 0 fully saturated rings. The molecule has 0 aromatic rings. The van der Waals surface area contributed by atoms with Crippen LogP contribution in [0.1, 0.15) is 20.8 Å². The molecule has 0 aliphatic carbocycles. The van der Waals surface area contributed by atoms with Crippen LogP contribution in [0.25, 0.3) is 0 Å². The summed E-state index contributed by atoms with van der Waals surface area (Å²) in [5.74, 6) is 0. The summed E-state index contributed by atoms with van der Waals surface area (Å²) in [6.07, 6.45) is 0. The average molecular weight is 154 g/mol. The van der Waals surface area contributed by atoms with Gasteiger partial charge in [-0.25, -0.2) is 0 Å². The van der Waals surface area contributed by atoms with E-state index in [2.05, 4.69) is 32.4 Å². The molecule has 0 aliphatic rings. The zero-order valence-corrected chi connectivity index (χ0v) is 7.29. The van der Waals surface area contributed by atoms with E-state index in [-0.39, 0.29) is 0 Å². The Bertz CT molecular complexity index is 45.4. The van der Waals surface area contributed by atoms with E-state index in [1.54, 1.807) is 10.8 Å². The molecule has 0 aromatic heterocycles. The topological polar surface area (TPSA) is 0 Å². The van der Waals surface area contributed by atoms with Gasteiger partial charge in [-0.3, -0.25) is 0 Å². The molecule has 0 bridgehead atoms. The molecule has 44 valence electrons. The first-order valence-electron chi connectivity index (χ1n) is 2.05. The van der Waals surface area contributed by atoms with Gasteiger partial charge in [-0.05, 0) is 9.83 Å². The van der Waals surface area contributed by atoms with E-state index in [0.29, 0.717) is 4.75 Å². The molecular formula is C4H10S3. The lowest BCUT2D eigenvalue weighted by atomic mass is 10.3. The number of hydrogen-bond acceptors (Lipinski definition) is 3. The van der Waals surface area contributed by atoms with E-state index < -0.39 is 0 Å². The molecule has 3 heteroatoms. The lowest BCUT2D eigenvalue weighted by Crippen LogP contribution is -2.03. The van der Waals surface area contributed by atoms with Crippen molar-refractivity contribution in [2.45, 2.75) is 25.5 Å². The monoisotopic (exact) mass is 154 g/mol. The zero-order valence-electron chi connectivity index (χ0n) is 4.76. The lowest BCUT2D eigenvalue weighted by molar-refractivity contribution is 0.810. The maximum atomic E-state index is 3.99. The fourth-order valence-electron chi connectivity index (χ4n) is 0.112. The second kappa shape index (κ2) is 3.15. The Morgan fingerprint density at radius 3 is 1.71 bits per heavy atom. The molecular weight excluding hydrogens is 144 g/mol. The van der Waals surface area contributed by atoms with E-state index in [4.69, 9.17) is 0 Å². The Morgan fingerprint density at radius 2 is 1.71 bits per heavy atom. The van der Waals surface area contributed by atoms with Crippen LogP contribution < -0.4 is 0 Å². The Kier molecular flexibility index (Phi) is 3.62. The Labute approximate surface area is 58.0 Å². The summed E-state index contributed by atoms with van der Waals surface area (Å²) in [4.78, 5) is 0. The van der Waals surface area contributed by atoms with E-state index >= 15 is 0 Å². The first-order valence-corrected chi connectivity index (χ1v) is 5.26. The molecule has 0 N–H and O–H groups in total. The predicted octanol–water partition coefficient (Wildman–Crippen LogP) is 3.01. The first-order chi connectivity index (χ1) is 3.06. The van der Waals surface area contributed by atoms with Crippen LogP contribution in [0.15, 0.2) is 0 Å². The van der Waals surface area contributed by atoms with Crippen LogP contribution in [0.5, 0.6) is 0 Å². The standard InChI is InChI=1S/C4H10S3/c1-4(2,3)6-7-5/h5H,1-3H3. The summed E-state index contributed by atoms with van der Waals surface area (Å²) in [5.41, 5.74) is 0. The summed E-state index contributed by atoms with van der Waals surface area (Å²) in [6.45, 7) is 6.50. The Hall–Kier alpha value is 1.05. The fourth-order valence-corrected chi connectivity index (χ4v) is 3.02. The molecule has 0 spiro atoms. The van der Waals surface area contributed by atoms with Crippen molar-refractivity contribution in [1.29, 1.82) is 0 Å². The van der Waals surface area contributed by atoms with Crippen LogP contribution >= 0.6 is 32.3 Å². The van der Waals surface area contributed by atoms with Crippen molar-refractivity contribution < 1.29 is 0 Å². The second-order valence-corrected chi connectivity index (χ2v) is 6.10. The fraction of sp³-hybridized carbons (Fsp3) is 1.00. The van der Waals surface area contributed by atoms with Crippen LogP contribution in [-0.4, -0.2) is 4.75 Å². The highest BCUT2D eigenvalue weighted by molar-refractivity contribution is 9.05. The van der Waals surface area contributed by atoms with Gasteiger partial charge in [-0.1, -0.05) is 43.2 Å².